The summed E-state index contributed by atoms with van der Waals surface area (Å²) in [5, 5.41) is 14.8. The van der Waals surface area contributed by atoms with Crippen molar-refractivity contribution in [3.05, 3.63) is 77.9 Å². The van der Waals surface area contributed by atoms with Crippen LogP contribution in [-0.4, -0.2) is 65.7 Å². The Morgan fingerprint density at radius 2 is 1.73 bits per heavy atom. The van der Waals surface area contributed by atoms with Crippen LogP contribution in [0, 0.1) is 12.3 Å². The summed E-state index contributed by atoms with van der Waals surface area (Å²) in [5.74, 6) is 0.595. The summed E-state index contributed by atoms with van der Waals surface area (Å²) >= 11 is 0. The van der Waals surface area contributed by atoms with Crippen LogP contribution in [0.2, 0.25) is 0 Å². The van der Waals surface area contributed by atoms with Crippen LogP contribution in [0.5, 0.6) is 5.75 Å². The first-order chi connectivity index (χ1) is 18.9. The van der Waals surface area contributed by atoms with Crippen molar-refractivity contribution in [2.75, 3.05) is 20.2 Å². The van der Waals surface area contributed by atoms with E-state index in [0.29, 0.717) is 16.7 Å². The SMILES string of the molecule is C#Cc1ccc(C(C(=O)NCC(=O)OC)N(CC=C)C(=O)C(Cc2ccc(O)cc2)NC(=O)OC(C)(C)C)cc1. The van der Waals surface area contributed by atoms with Gasteiger partial charge in [0.2, 0.25) is 11.8 Å². The molecule has 0 aliphatic heterocycles. The Hall–Kier alpha value is -4.78. The summed E-state index contributed by atoms with van der Waals surface area (Å²) in [6.07, 6.45) is 6.12. The zero-order chi connectivity index (χ0) is 29.9. The maximum absolute atomic E-state index is 14.1. The normalized spacial score (nSPS) is 12.2. The third kappa shape index (κ3) is 9.51. The highest BCUT2D eigenvalue weighted by Crippen LogP contribution is 2.24. The van der Waals surface area contributed by atoms with Crippen molar-refractivity contribution >= 4 is 23.9 Å². The maximum Gasteiger partial charge on any atom is 0.408 e. The lowest BCUT2D eigenvalue weighted by atomic mass is 9.99. The molecule has 0 aliphatic carbocycles. The fourth-order valence-corrected chi connectivity index (χ4v) is 3.74. The average Bonchev–Trinajstić information content (AvgIpc) is 2.91. The summed E-state index contributed by atoms with van der Waals surface area (Å²) in [5.41, 5.74) is 0.787. The minimum atomic E-state index is -1.22. The summed E-state index contributed by atoms with van der Waals surface area (Å²) in [6, 6.07) is 10.2. The molecule has 212 valence electrons. The van der Waals surface area contributed by atoms with Crippen molar-refractivity contribution in [1.29, 1.82) is 0 Å². The first-order valence-corrected chi connectivity index (χ1v) is 12.5. The second-order valence-electron chi connectivity index (χ2n) is 9.81. The van der Waals surface area contributed by atoms with Crippen molar-refractivity contribution in [3.8, 4) is 18.1 Å². The van der Waals surface area contributed by atoms with Gasteiger partial charge in [0.1, 0.15) is 30.0 Å². The van der Waals surface area contributed by atoms with Gasteiger partial charge in [-0.05, 0) is 56.2 Å². The number of alkyl carbamates (subject to hydrolysis) is 1. The number of aromatic hydroxyl groups is 1. The molecule has 0 bridgehead atoms. The van der Waals surface area contributed by atoms with Crippen LogP contribution < -0.4 is 10.6 Å². The van der Waals surface area contributed by atoms with E-state index in [-0.39, 0.29) is 18.7 Å². The van der Waals surface area contributed by atoms with E-state index in [1.165, 1.54) is 30.2 Å². The molecule has 0 spiro atoms. The van der Waals surface area contributed by atoms with Gasteiger partial charge >= 0.3 is 12.1 Å². The predicted octanol–water partition coefficient (Wildman–Crippen LogP) is 2.85. The molecular weight excluding hydrogens is 514 g/mol. The summed E-state index contributed by atoms with van der Waals surface area (Å²) in [6.45, 7) is 8.30. The van der Waals surface area contributed by atoms with Crippen LogP contribution in [0.4, 0.5) is 4.79 Å². The van der Waals surface area contributed by atoms with Crippen LogP contribution in [0.15, 0.2) is 61.2 Å². The maximum atomic E-state index is 14.1. The van der Waals surface area contributed by atoms with Gasteiger partial charge in [0.15, 0.2) is 0 Å². The number of phenolic OH excluding ortho intramolecular Hbond substituents is 1. The highest BCUT2D eigenvalue weighted by Gasteiger charge is 2.36. The molecule has 10 heteroatoms. The number of nitrogens with zero attached hydrogens (tertiary/aromatic N) is 1. The molecule has 3 amide bonds. The number of carbonyl (C=O) groups is 4. The molecule has 0 aromatic heterocycles. The number of rotatable bonds is 11. The number of nitrogens with one attached hydrogen (secondary N) is 2. The van der Waals surface area contributed by atoms with Crippen LogP contribution >= 0.6 is 0 Å². The van der Waals surface area contributed by atoms with E-state index >= 15 is 0 Å². The Balaban J connectivity index is 2.53. The molecule has 10 nitrogen and oxygen atoms in total. The average molecular weight is 550 g/mol. The molecular formula is C30H35N3O7. The number of hydrogen-bond donors (Lipinski definition) is 3. The molecule has 40 heavy (non-hydrogen) atoms. The van der Waals surface area contributed by atoms with Crippen molar-refractivity contribution in [3.63, 3.8) is 0 Å². The van der Waals surface area contributed by atoms with Gasteiger partial charge in [-0.3, -0.25) is 14.4 Å². The zero-order valence-electron chi connectivity index (χ0n) is 23.1. The standard InChI is InChI=1S/C30H35N3O7/c1-7-17-33(26(27(36)31-19-25(35)39-6)22-13-9-20(8-2)10-14-22)28(37)24(32-29(38)40-30(3,4)5)18-21-11-15-23(34)16-12-21/h2,7,9-16,24,26,34H,1,17-19H2,3-6H3,(H,31,36)(H,32,38). The molecule has 0 aliphatic rings. The van der Waals surface area contributed by atoms with E-state index < -0.39 is 48.1 Å². The molecule has 3 N–H and O–H groups in total. The molecule has 2 aromatic carbocycles. The number of phenols is 1. The lowest BCUT2D eigenvalue weighted by molar-refractivity contribution is -0.144. The Morgan fingerprint density at radius 3 is 2.25 bits per heavy atom. The summed E-state index contributed by atoms with van der Waals surface area (Å²) in [7, 11) is 1.19. The summed E-state index contributed by atoms with van der Waals surface area (Å²) in [4.78, 5) is 53.2. The number of benzene rings is 2. The topological polar surface area (TPSA) is 134 Å². The minimum absolute atomic E-state index is 0.0263. The third-order valence-electron chi connectivity index (χ3n) is 5.56. The monoisotopic (exact) mass is 549 g/mol. The predicted molar refractivity (Wildman–Crippen MR) is 149 cm³/mol. The van der Waals surface area contributed by atoms with E-state index in [1.54, 1.807) is 57.2 Å². The highest BCUT2D eigenvalue weighted by molar-refractivity contribution is 5.93. The fraction of sp³-hybridized carbons (Fsp3) is 0.333. The molecule has 2 unspecified atom stereocenters. The first-order valence-electron chi connectivity index (χ1n) is 12.5. The van der Waals surface area contributed by atoms with Crippen molar-refractivity contribution in [2.45, 2.75) is 44.9 Å². The summed E-state index contributed by atoms with van der Waals surface area (Å²) < 4.78 is 10.00. The van der Waals surface area contributed by atoms with E-state index in [4.69, 9.17) is 11.2 Å². The Labute approximate surface area is 234 Å². The van der Waals surface area contributed by atoms with Crippen LogP contribution in [-0.2, 0) is 30.3 Å². The Morgan fingerprint density at radius 1 is 1.10 bits per heavy atom. The number of methoxy groups -OCH3 is 1. The number of carbonyl (C=O) groups excluding carboxylic acids is 4. The van der Waals surface area contributed by atoms with E-state index in [1.807, 2.05) is 0 Å². The lowest BCUT2D eigenvalue weighted by Crippen LogP contribution is -2.54. The van der Waals surface area contributed by atoms with Gasteiger partial charge in [-0.1, -0.05) is 36.3 Å². The van der Waals surface area contributed by atoms with Gasteiger partial charge in [-0.2, -0.15) is 0 Å². The number of esters is 1. The molecule has 0 heterocycles. The van der Waals surface area contributed by atoms with Gasteiger partial charge in [0.05, 0.1) is 7.11 Å². The Bertz CT molecular complexity index is 1240. The second-order valence-corrected chi connectivity index (χ2v) is 9.81. The number of amides is 3. The third-order valence-corrected chi connectivity index (χ3v) is 5.56. The van der Waals surface area contributed by atoms with Gasteiger partial charge in [0, 0.05) is 18.5 Å². The number of terminal acetylenes is 1. The molecule has 0 saturated carbocycles. The number of ether oxygens (including phenoxy) is 2. The molecule has 0 saturated heterocycles. The van der Waals surface area contributed by atoms with Gasteiger partial charge in [-0.15, -0.1) is 13.0 Å². The fourth-order valence-electron chi connectivity index (χ4n) is 3.74. The minimum Gasteiger partial charge on any atom is -0.508 e. The zero-order valence-corrected chi connectivity index (χ0v) is 23.1. The molecule has 2 atom stereocenters. The van der Waals surface area contributed by atoms with Gasteiger partial charge in [0.25, 0.3) is 0 Å². The highest BCUT2D eigenvalue weighted by atomic mass is 16.6. The van der Waals surface area contributed by atoms with Crippen molar-refractivity contribution in [1.82, 2.24) is 15.5 Å². The largest absolute Gasteiger partial charge is 0.508 e. The van der Waals surface area contributed by atoms with E-state index in [0.717, 1.165) is 0 Å². The molecule has 2 aromatic rings. The first kappa shape index (κ1) is 31.4. The van der Waals surface area contributed by atoms with Crippen molar-refractivity contribution in [2.24, 2.45) is 0 Å². The van der Waals surface area contributed by atoms with E-state index in [2.05, 4.69) is 27.9 Å². The smallest absolute Gasteiger partial charge is 0.408 e. The van der Waals surface area contributed by atoms with E-state index in [9.17, 15) is 24.3 Å². The van der Waals surface area contributed by atoms with Gasteiger partial charge < -0.3 is 30.1 Å². The quantitative estimate of drug-likeness (QED) is 0.223. The van der Waals surface area contributed by atoms with Gasteiger partial charge in [-0.25, -0.2) is 4.79 Å². The Kier molecular flexibility index (Phi) is 11.3. The molecule has 0 radical (unpaired) electrons. The number of hydrogen-bond acceptors (Lipinski definition) is 7. The lowest BCUT2D eigenvalue weighted by Gasteiger charge is -2.34. The second kappa shape index (κ2) is 14.4. The molecule has 2 rings (SSSR count). The van der Waals surface area contributed by atoms with Crippen LogP contribution in [0.3, 0.4) is 0 Å². The van der Waals surface area contributed by atoms with Crippen LogP contribution in [0.25, 0.3) is 0 Å². The van der Waals surface area contributed by atoms with Crippen LogP contribution in [0.1, 0.15) is 43.5 Å². The molecule has 0 fully saturated rings. The van der Waals surface area contributed by atoms with Crippen molar-refractivity contribution < 1.29 is 33.8 Å².